The Morgan fingerprint density at radius 1 is 1.12 bits per heavy atom. The molecule has 0 fully saturated rings. The Balaban J connectivity index is 3.56. The lowest BCUT2D eigenvalue weighted by Gasteiger charge is -2.18. The molecule has 1 rings (SSSR count). The first-order valence-electron chi connectivity index (χ1n) is 5.49. The van der Waals surface area contributed by atoms with E-state index in [4.69, 9.17) is 0 Å². The van der Waals surface area contributed by atoms with Crippen LogP contribution in [0.3, 0.4) is 0 Å². The van der Waals surface area contributed by atoms with E-state index >= 15 is 0 Å². The summed E-state index contributed by atoms with van der Waals surface area (Å²) in [4.78, 5) is 11.8. The predicted molar refractivity (Wildman–Crippen MR) is 60.2 cm³/mol. The molecule has 0 amide bonds. The average Bonchev–Trinajstić information content (AvgIpc) is 2.13. The van der Waals surface area contributed by atoms with E-state index in [1.54, 1.807) is 13.8 Å². The van der Waals surface area contributed by atoms with E-state index in [0.29, 0.717) is 5.56 Å². The van der Waals surface area contributed by atoms with E-state index in [-0.39, 0.29) is 22.0 Å². The van der Waals surface area contributed by atoms with Gasteiger partial charge in [0.2, 0.25) is 0 Å². The van der Waals surface area contributed by atoms with Crippen molar-refractivity contribution in [2.24, 2.45) is 0 Å². The number of alkyl halides is 3. The molecule has 0 aliphatic heterocycles. The van der Waals surface area contributed by atoms with Gasteiger partial charge in [-0.3, -0.25) is 4.79 Å². The number of nitrogens with zero attached hydrogens (tertiary/aromatic N) is 1. The Kier molecular flexibility index (Phi) is 3.69. The fourth-order valence-electron chi connectivity index (χ4n) is 1.85. The van der Waals surface area contributed by atoms with Crippen LogP contribution in [0.4, 0.5) is 13.2 Å². The number of rotatable bonds is 2. The van der Waals surface area contributed by atoms with Crippen molar-refractivity contribution >= 4 is 0 Å². The highest BCUT2D eigenvalue weighted by molar-refractivity contribution is 5.29. The van der Waals surface area contributed by atoms with Crippen molar-refractivity contribution in [1.82, 2.24) is 4.57 Å². The molecule has 0 aliphatic rings. The number of pyridine rings is 1. The molecule has 2 nitrogen and oxygen atoms in total. The first-order chi connectivity index (χ1) is 7.66. The van der Waals surface area contributed by atoms with Gasteiger partial charge in [0.05, 0.1) is 0 Å². The van der Waals surface area contributed by atoms with Gasteiger partial charge in [-0.2, -0.15) is 0 Å². The topological polar surface area (TPSA) is 22.0 Å². The van der Waals surface area contributed by atoms with Gasteiger partial charge in [-0.05, 0) is 23.5 Å². The summed E-state index contributed by atoms with van der Waals surface area (Å²) in [5, 5.41) is 0. The minimum Gasteiger partial charge on any atom is -0.269 e. The van der Waals surface area contributed by atoms with Gasteiger partial charge in [-0.15, -0.1) is 13.2 Å². The number of hydrogen-bond donors (Lipinski definition) is 0. The molecule has 0 atom stereocenters. The van der Waals surface area contributed by atoms with Crippen molar-refractivity contribution in [3.63, 3.8) is 0 Å². The highest BCUT2D eigenvalue weighted by Crippen LogP contribution is 2.26. The highest BCUT2D eigenvalue weighted by Gasteiger charge is 2.33. The maximum atomic E-state index is 12.6. The molecule has 0 N–H and O–H groups in total. The van der Waals surface area contributed by atoms with Crippen LogP contribution in [0.15, 0.2) is 17.1 Å². The molecule has 0 spiro atoms. The summed E-state index contributed by atoms with van der Waals surface area (Å²) < 4.78 is 37.6. The zero-order valence-corrected chi connectivity index (χ0v) is 10.3. The second-order valence-corrected chi connectivity index (χ2v) is 4.64. The van der Waals surface area contributed by atoms with Gasteiger partial charge in [0.15, 0.2) is 0 Å². The number of aromatic nitrogens is 1. The first-order valence-corrected chi connectivity index (χ1v) is 5.49. The third-order valence-electron chi connectivity index (χ3n) is 2.64. The van der Waals surface area contributed by atoms with Gasteiger partial charge in [0.25, 0.3) is 5.56 Å². The molecule has 0 radical (unpaired) electrons. The van der Waals surface area contributed by atoms with E-state index in [2.05, 4.69) is 0 Å². The number of halogens is 3. The van der Waals surface area contributed by atoms with Gasteiger partial charge in [0, 0.05) is 11.8 Å². The molecule has 17 heavy (non-hydrogen) atoms. The molecular formula is C12H16F3NO. The third kappa shape index (κ3) is 2.70. The molecule has 0 bridgehead atoms. The van der Waals surface area contributed by atoms with Crippen molar-refractivity contribution in [1.29, 1.82) is 0 Å². The summed E-state index contributed by atoms with van der Waals surface area (Å²) in [5.74, 6) is -0.197. The van der Waals surface area contributed by atoms with Crippen LogP contribution < -0.4 is 5.56 Å². The Morgan fingerprint density at radius 3 is 2.00 bits per heavy atom. The van der Waals surface area contributed by atoms with E-state index in [9.17, 15) is 18.0 Å². The first kappa shape index (κ1) is 13.8. The molecule has 0 aromatic carbocycles. The van der Waals surface area contributed by atoms with Crippen molar-refractivity contribution in [3.8, 4) is 0 Å². The second-order valence-electron chi connectivity index (χ2n) is 4.64. The van der Waals surface area contributed by atoms with Crippen LogP contribution in [0.1, 0.15) is 50.7 Å². The predicted octanol–water partition coefficient (Wildman–Crippen LogP) is 3.57. The third-order valence-corrected chi connectivity index (χ3v) is 2.64. The van der Waals surface area contributed by atoms with Gasteiger partial charge in [-0.25, -0.2) is 4.57 Å². The normalized spacial score (nSPS) is 12.5. The van der Waals surface area contributed by atoms with Crippen LogP contribution in [0.25, 0.3) is 0 Å². The molecule has 0 saturated heterocycles. The summed E-state index contributed by atoms with van der Waals surface area (Å²) in [5.41, 5.74) is -0.0241. The molecule has 0 aliphatic carbocycles. The Labute approximate surface area is 98.1 Å². The van der Waals surface area contributed by atoms with E-state index in [1.165, 1.54) is 6.07 Å². The smallest absolute Gasteiger partial charge is 0.269 e. The summed E-state index contributed by atoms with van der Waals surface area (Å²) in [6.45, 7) is 7.17. The standard InChI is InChI=1S/C12H16F3NO/c1-7(2)9-5-6-16(12(13,14)15)11(17)10(9)8(3)4/h5-8H,1-4H3. The molecule has 0 unspecified atom stereocenters. The molecule has 0 saturated carbocycles. The Bertz CT molecular complexity index is 458. The maximum absolute atomic E-state index is 12.6. The largest absolute Gasteiger partial charge is 0.491 e. The zero-order chi connectivity index (χ0) is 13.4. The summed E-state index contributed by atoms with van der Waals surface area (Å²) in [6, 6.07) is 1.38. The Morgan fingerprint density at radius 2 is 1.65 bits per heavy atom. The fraction of sp³-hybridized carbons (Fsp3) is 0.583. The highest BCUT2D eigenvalue weighted by atomic mass is 19.4. The van der Waals surface area contributed by atoms with Crippen LogP contribution in [0, 0.1) is 0 Å². The minimum atomic E-state index is -4.66. The van der Waals surface area contributed by atoms with E-state index in [1.807, 2.05) is 13.8 Å². The maximum Gasteiger partial charge on any atom is 0.491 e. The number of hydrogen-bond acceptors (Lipinski definition) is 1. The second kappa shape index (κ2) is 4.55. The van der Waals surface area contributed by atoms with Crippen molar-refractivity contribution in [2.45, 2.75) is 45.8 Å². The molecule has 96 valence electrons. The minimum absolute atomic E-state index is 0.0305. The van der Waals surface area contributed by atoms with Gasteiger partial charge in [0.1, 0.15) is 0 Å². The lowest BCUT2D eigenvalue weighted by atomic mass is 9.92. The van der Waals surface area contributed by atoms with Crippen LogP contribution in [-0.2, 0) is 6.30 Å². The molecule has 1 heterocycles. The lowest BCUT2D eigenvalue weighted by molar-refractivity contribution is -0.206. The van der Waals surface area contributed by atoms with E-state index < -0.39 is 11.9 Å². The SMILES string of the molecule is CC(C)c1ccn(C(F)(F)F)c(=O)c1C(C)C. The van der Waals surface area contributed by atoms with Crippen molar-refractivity contribution < 1.29 is 13.2 Å². The monoisotopic (exact) mass is 247 g/mol. The zero-order valence-electron chi connectivity index (χ0n) is 10.3. The molecule has 5 heteroatoms. The van der Waals surface area contributed by atoms with Gasteiger partial charge >= 0.3 is 6.30 Å². The summed E-state index contributed by atoms with van der Waals surface area (Å²) in [6.07, 6.45) is -3.85. The Hall–Kier alpha value is -1.26. The van der Waals surface area contributed by atoms with Crippen LogP contribution in [0.2, 0.25) is 0 Å². The average molecular weight is 247 g/mol. The van der Waals surface area contributed by atoms with E-state index in [0.717, 1.165) is 6.20 Å². The molecular weight excluding hydrogens is 231 g/mol. The van der Waals surface area contributed by atoms with Crippen LogP contribution in [0.5, 0.6) is 0 Å². The van der Waals surface area contributed by atoms with Crippen LogP contribution >= 0.6 is 0 Å². The van der Waals surface area contributed by atoms with Crippen LogP contribution in [-0.4, -0.2) is 4.57 Å². The summed E-state index contributed by atoms with van der Waals surface area (Å²) >= 11 is 0. The van der Waals surface area contributed by atoms with Gasteiger partial charge in [-0.1, -0.05) is 27.7 Å². The van der Waals surface area contributed by atoms with Crippen molar-refractivity contribution in [3.05, 3.63) is 33.7 Å². The van der Waals surface area contributed by atoms with Gasteiger partial charge < -0.3 is 0 Å². The molecule has 1 aromatic heterocycles. The lowest BCUT2D eigenvalue weighted by Crippen LogP contribution is -2.33. The quantitative estimate of drug-likeness (QED) is 0.783. The van der Waals surface area contributed by atoms with Crippen molar-refractivity contribution in [2.75, 3.05) is 0 Å². The fourth-order valence-corrected chi connectivity index (χ4v) is 1.85. The molecule has 1 aromatic rings. The summed E-state index contributed by atoms with van der Waals surface area (Å²) in [7, 11) is 0.